The van der Waals surface area contributed by atoms with Gasteiger partial charge in [0.1, 0.15) is 30.5 Å². The van der Waals surface area contributed by atoms with Crippen LogP contribution in [0.5, 0.6) is 5.75 Å². The smallest absolute Gasteiger partial charge is 0.338 e. The number of nitrogens with zero attached hydrogens (tertiary/aromatic N) is 3. The van der Waals surface area contributed by atoms with Crippen molar-refractivity contribution in [2.75, 3.05) is 78.6 Å². The van der Waals surface area contributed by atoms with E-state index in [1.165, 1.54) is 17.0 Å². The third-order valence-corrected chi connectivity index (χ3v) is 11.7. The van der Waals surface area contributed by atoms with Gasteiger partial charge in [-0.05, 0) is 61.3 Å². The molecule has 0 spiro atoms. The first-order chi connectivity index (χ1) is 35.9. The Morgan fingerprint density at radius 1 is 0.684 bits per heavy atom. The standard InChI is InChI=1S/C48H71N11O17/c1-3-29(2)43(46(73)54-34(13-9-17-52-48(50)51)45(72)55-35(47(74)75)12-7-8-16-49)56-37(60)21-53-44(71)33-20-31(30-10-5-4-6-11-30)14-15-36(33)76-28-32(59(26-41(67)68)27-42(69)70)22-57(23-38(61)62)18-19-58(24-39(63)64)25-40(65)66/h4-6,10-11,14-15,20,29,32,34-35,43H,3,7-9,12-13,16-19,21-28,49H2,1-2H3,(H,53,71)(H,54,73)(H,55,72)(H,56,60)(H,61,62)(H,63,64)(H,65,66)(H,67,68)(H,69,70)(H,74,75)(H4,50,51,52)/p+2. The number of carbonyl (C=O) groups excluding carboxylic acids is 4. The van der Waals surface area contributed by atoms with E-state index >= 15 is 0 Å². The normalized spacial score (nSPS) is 13.1. The predicted molar refractivity (Wildman–Crippen MR) is 269 cm³/mol. The predicted octanol–water partition coefficient (Wildman–Crippen LogP) is -4.71. The Morgan fingerprint density at radius 2 is 1.25 bits per heavy atom. The summed E-state index contributed by atoms with van der Waals surface area (Å²) >= 11 is 0. The summed E-state index contributed by atoms with van der Waals surface area (Å²) in [4.78, 5) is 132. The Balaban J connectivity index is 2.50. The van der Waals surface area contributed by atoms with Gasteiger partial charge in [-0.2, -0.15) is 0 Å². The Labute approximate surface area is 438 Å². The molecular formula is C48H73N11O17+2. The van der Waals surface area contributed by atoms with Crippen molar-refractivity contribution in [2.24, 2.45) is 17.4 Å². The number of hydrogen-bond acceptors (Lipinski definition) is 14. The Kier molecular flexibility index (Phi) is 28.5. The van der Waals surface area contributed by atoms with E-state index < -0.39 is 142 Å². The molecule has 0 aromatic heterocycles. The fraction of sp³-hybridized carbons (Fsp3) is 0.521. The summed E-state index contributed by atoms with van der Waals surface area (Å²) in [5.41, 5.74) is 15.7. The fourth-order valence-electron chi connectivity index (χ4n) is 7.67. The van der Waals surface area contributed by atoms with Gasteiger partial charge in [0.15, 0.2) is 0 Å². The molecule has 0 fully saturated rings. The number of aliphatic carboxylic acids is 6. The molecule has 76 heavy (non-hydrogen) atoms. The minimum absolute atomic E-state index is 0.00712. The second kappa shape index (κ2) is 33.8. The number of rotatable bonds is 39. The maximum Gasteiger partial charge on any atom is 0.338 e. The Hall–Kier alpha value is -7.95. The average molecular weight is 1080 g/mol. The maximum atomic E-state index is 14.2. The number of nitrogens with two attached hydrogens (primary N) is 2. The number of guanidine groups is 1. The number of carboxylic acid groups (broad SMARTS) is 6. The molecule has 0 heterocycles. The van der Waals surface area contributed by atoms with Gasteiger partial charge in [0.2, 0.25) is 17.7 Å². The van der Waals surface area contributed by atoms with E-state index in [1.807, 2.05) is 0 Å². The average Bonchev–Trinajstić information content (AvgIpc) is 3.34. The van der Waals surface area contributed by atoms with Gasteiger partial charge in [0.25, 0.3) is 5.91 Å². The molecule has 4 amide bonds. The molecule has 0 aliphatic carbocycles. The summed E-state index contributed by atoms with van der Waals surface area (Å²) in [5, 5.41) is 68.0. The molecule has 0 saturated heterocycles. The highest BCUT2D eigenvalue weighted by Gasteiger charge is 2.33. The topological polar surface area (TPSA) is 453 Å². The number of quaternary nitrogens is 1. The lowest BCUT2D eigenvalue weighted by molar-refractivity contribution is -0.459. The van der Waals surface area contributed by atoms with Gasteiger partial charge in [0, 0.05) is 19.6 Å². The van der Waals surface area contributed by atoms with Crippen LogP contribution in [0.15, 0.2) is 48.5 Å². The Morgan fingerprint density at radius 3 is 1.80 bits per heavy atom. The van der Waals surface area contributed by atoms with E-state index in [-0.39, 0.29) is 56.2 Å². The van der Waals surface area contributed by atoms with Crippen molar-refractivity contribution in [3.63, 3.8) is 0 Å². The highest BCUT2D eigenvalue weighted by atomic mass is 16.5. The Bertz CT molecular complexity index is 2290. The van der Waals surface area contributed by atoms with Crippen LogP contribution in [0.25, 0.3) is 11.1 Å². The summed E-state index contributed by atoms with van der Waals surface area (Å²) in [6.07, 6.45) is 1.81. The molecule has 5 unspecified atom stereocenters. The second-order valence-electron chi connectivity index (χ2n) is 17.8. The van der Waals surface area contributed by atoms with Crippen molar-refractivity contribution in [1.82, 2.24) is 36.0 Å². The molecule has 18 N–H and O–H groups in total. The van der Waals surface area contributed by atoms with E-state index in [0.717, 1.165) is 9.80 Å². The third-order valence-electron chi connectivity index (χ3n) is 11.7. The van der Waals surface area contributed by atoms with Gasteiger partial charge in [-0.1, -0.05) is 56.7 Å². The fourth-order valence-corrected chi connectivity index (χ4v) is 7.67. The quantitative estimate of drug-likeness (QED) is 0.0170. The highest BCUT2D eigenvalue weighted by molar-refractivity contribution is 6.00. The van der Waals surface area contributed by atoms with Gasteiger partial charge in [-0.3, -0.25) is 74.3 Å². The van der Waals surface area contributed by atoms with Crippen LogP contribution in [0, 0.1) is 5.92 Å². The zero-order valence-corrected chi connectivity index (χ0v) is 42.6. The zero-order chi connectivity index (χ0) is 56.9. The summed E-state index contributed by atoms with van der Waals surface area (Å²) in [5.74, 6) is -12.4. The second-order valence-corrected chi connectivity index (χ2v) is 17.8. The number of carbonyl (C=O) groups is 10. The molecule has 0 aliphatic heterocycles. The molecule has 0 saturated carbocycles. The summed E-state index contributed by atoms with van der Waals surface area (Å²) in [7, 11) is 0. The van der Waals surface area contributed by atoms with Crippen LogP contribution in [0.4, 0.5) is 0 Å². The van der Waals surface area contributed by atoms with Crippen LogP contribution in [0.3, 0.4) is 0 Å². The van der Waals surface area contributed by atoms with Crippen molar-refractivity contribution in [1.29, 1.82) is 0 Å². The summed E-state index contributed by atoms with van der Waals surface area (Å²) in [6.45, 7) is -2.02. The summed E-state index contributed by atoms with van der Waals surface area (Å²) in [6, 6.07) is 8.11. The number of ether oxygens (including phenoxy) is 1. The number of unbranched alkanes of at least 4 members (excludes halogenated alkanes) is 1. The number of carboxylic acids is 6. The van der Waals surface area contributed by atoms with Crippen molar-refractivity contribution in [3.8, 4) is 16.9 Å². The lowest BCUT2D eigenvalue weighted by Gasteiger charge is -2.34. The van der Waals surface area contributed by atoms with Crippen LogP contribution in [0.1, 0.15) is 62.7 Å². The first kappa shape index (κ1) is 64.2. The molecule has 0 bridgehead atoms. The molecule has 5 atom stereocenters. The van der Waals surface area contributed by atoms with Crippen LogP contribution < -0.4 is 48.2 Å². The zero-order valence-electron chi connectivity index (χ0n) is 42.6. The van der Waals surface area contributed by atoms with E-state index in [9.17, 15) is 78.6 Å². The highest BCUT2D eigenvalue weighted by Crippen LogP contribution is 2.27. The lowest BCUT2D eigenvalue weighted by Crippen LogP contribution is -2.78. The number of hydrogen-bond donors (Lipinski definition) is 14. The first-order valence-corrected chi connectivity index (χ1v) is 24.4. The molecule has 28 nitrogen and oxygen atoms in total. The number of amides is 4. The molecule has 420 valence electrons. The van der Waals surface area contributed by atoms with Crippen LogP contribution in [0.2, 0.25) is 0 Å². The van der Waals surface area contributed by atoms with E-state index in [4.69, 9.17) is 16.2 Å². The van der Waals surface area contributed by atoms with Gasteiger partial charge >= 0.3 is 41.8 Å². The lowest BCUT2D eigenvalue weighted by atomic mass is 9.97. The number of benzene rings is 2. The minimum Gasteiger partial charge on any atom is -0.491 e. The number of nitrogens with one attached hydrogen (secondary N) is 5. The van der Waals surface area contributed by atoms with Gasteiger partial charge < -0.3 is 62.4 Å². The van der Waals surface area contributed by atoms with Crippen molar-refractivity contribution >= 4 is 65.4 Å². The van der Waals surface area contributed by atoms with Crippen LogP contribution >= 0.6 is 0 Å². The molecule has 0 radical (unpaired) electrons. The van der Waals surface area contributed by atoms with Crippen LogP contribution in [-0.2, 0) is 43.2 Å². The van der Waals surface area contributed by atoms with Crippen LogP contribution in [-0.4, -0.2) is 214 Å². The largest absolute Gasteiger partial charge is 0.491 e. The monoisotopic (exact) mass is 1080 g/mol. The van der Waals surface area contributed by atoms with E-state index in [0.29, 0.717) is 36.9 Å². The van der Waals surface area contributed by atoms with Gasteiger partial charge in [-0.25, -0.2) is 4.79 Å². The molecule has 28 heteroatoms. The van der Waals surface area contributed by atoms with Gasteiger partial charge in [0.05, 0.1) is 64.0 Å². The molecule has 0 aliphatic rings. The minimum atomic E-state index is -1.46. The molecule has 2 aromatic carbocycles. The van der Waals surface area contributed by atoms with Crippen molar-refractivity contribution in [2.45, 2.75) is 76.5 Å². The molecular weight excluding hydrogens is 1000 g/mol. The third kappa shape index (κ3) is 24.9. The van der Waals surface area contributed by atoms with E-state index in [2.05, 4.69) is 32.0 Å². The molecule has 2 aromatic rings. The SMILES string of the molecule is CCC(C)C(NC(=O)CNC(=O)c1cc(-c2ccccc2)ccc1OCC(CN(CCN(CC(=O)O)CC(=O)O)CC(=O)O)N(CC(=O)O)CC(=O)O)C(=O)NC(CCC[NH+]=C(N)N)C(=O)NC(CCCC[NH3+])C(=O)O. The van der Waals surface area contributed by atoms with Crippen molar-refractivity contribution < 1.29 is 94.0 Å². The van der Waals surface area contributed by atoms with E-state index in [1.54, 1.807) is 50.2 Å². The molecule has 2 rings (SSSR count). The van der Waals surface area contributed by atoms with Gasteiger partial charge in [-0.15, -0.1) is 0 Å². The maximum absolute atomic E-state index is 14.2. The summed E-state index contributed by atoms with van der Waals surface area (Å²) < 4.78 is 6.14. The first-order valence-electron chi connectivity index (χ1n) is 24.4. The van der Waals surface area contributed by atoms with Crippen molar-refractivity contribution in [3.05, 3.63) is 54.1 Å².